The van der Waals surface area contributed by atoms with Crippen LogP contribution in [-0.4, -0.2) is 36.9 Å². The van der Waals surface area contributed by atoms with E-state index in [1.165, 1.54) is 18.1 Å². The molecule has 26 heavy (non-hydrogen) atoms. The van der Waals surface area contributed by atoms with Crippen LogP contribution >= 0.6 is 11.8 Å². The molecule has 0 aliphatic carbocycles. The van der Waals surface area contributed by atoms with Gasteiger partial charge in [-0.2, -0.15) is 5.10 Å². The van der Waals surface area contributed by atoms with E-state index in [0.29, 0.717) is 10.7 Å². The first-order valence-corrected chi connectivity index (χ1v) is 8.86. The summed E-state index contributed by atoms with van der Waals surface area (Å²) in [5.74, 6) is -0.478. The molecule has 0 saturated heterocycles. The summed E-state index contributed by atoms with van der Waals surface area (Å²) in [4.78, 5) is 31.9. The van der Waals surface area contributed by atoms with E-state index in [9.17, 15) is 9.59 Å². The monoisotopic (exact) mass is 370 g/mol. The molecular formula is C17H18N6O2S. The van der Waals surface area contributed by atoms with Crippen molar-refractivity contribution >= 4 is 34.7 Å². The van der Waals surface area contributed by atoms with Crippen molar-refractivity contribution in [2.24, 2.45) is 11.7 Å². The Morgan fingerprint density at radius 1 is 1.19 bits per heavy atom. The molecule has 3 amide bonds. The third-order valence-electron chi connectivity index (χ3n) is 3.68. The fourth-order valence-electron chi connectivity index (χ4n) is 2.48. The van der Waals surface area contributed by atoms with Crippen molar-refractivity contribution in [1.82, 2.24) is 25.1 Å². The number of rotatable bonds is 5. The highest BCUT2D eigenvalue weighted by Gasteiger charge is 2.26. The van der Waals surface area contributed by atoms with Crippen molar-refractivity contribution in [2.45, 2.75) is 24.1 Å². The van der Waals surface area contributed by atoms with Crippen molar-refractivity contribution in [2.75, 3.05) is 0 Å². The molecule has 0 aliphatic rings. The highest BCUT2D eigenvalue weighted by atomic mass is 32.2. The smallest absolute Gasteiger partial charge is 0.318 e. The zero-order valence-corrected chi connectivity index (χ0v) is 15.1. The number of para-hydroxylation sites is 1. The van der Waals surface area contributed by atoms with Crippen LogP contribution in [0.15, 0.2) is 47.9 Å². The number of hydrogen-bond acceptors (Lipinski definition) is 6. The van der Waals surface area contributed by atoms with Gasteiger partial charge in [0.1, 0.15) is 11.4 Å². The van der Waals surface area contributed by atoms with Crippen LogP contribution in [0.25, 0.3) is 16.7 Å². The lowest BCUT2D eigenvalue weighted by Crippen LogP contribution is -2.42. The van der Waals surface area contributed by atoms with Crippen LogP contribution < -0.4 is 11.1 Å². The summed E-state index contributed by atoms with van der Waals surface area (Å²) < 4.78 is 1.72. The molecule has 134 valence electrons. The van der Waals surface area contributed by atoms with Gasteiger partial charge < -0.3 is 5.73 Å². The molecule has 1 atom stereocenters. The van der Waals surface area contributed by atoms with Gasteiger partial charge in [-0.05, 0) is 18.1 Å². The molecule has 8 nitrogen and oxygen atoms in total. The van der Waals surface area contributed by atoms with Gasteiger partial charge in [0.25, 0.3) is 0 Å². The molecule has 0 spiro atoms. The van der Waals surface area contributed by atoms with Crippen molar-refractivity contribution in [1.29, 1.82) is 0 Å². The summed E-state index contributed by atoms with van der Waals surface area (Å²) in [6.07, 6.45) is 3.11. The minimum Gasteiger partial charge on any atom is -0.351 e. The molecule has 0 radical (unpaired) electrons. The topological polar surface area (TPSA) is 116 Å². The Morgan fingerprint density at radius 3 is 2.58 bits per heavy atom. The Morgan fingerprint density at radius 2 is 1.92 bits per heavy atom. The maximum Gasteiger partial charge on any atom is 0.318 e. The number of hydrogen-bond donors (Lipinski definition) is 2. The Bertz CT molecular complexity index is 941. The highest BCUT2D eigenvalue weighted by molar-refractivity contribution is 8.00. The number of carbonyl (C=O) groups is 2. The van der Waals surface area contributed by atoms with Gasteiger partial charge in [0.05, 0.1) is 22.5 Å². The van der Waals surface area contributed by atoms with Gasteiger partial charge in [-0.1, -0.05) is 43.8 Å². The lowest BCUT2D eigenvalue weighted by Gasteiger charge is -2.18. The summed E-state index contributed by atoms with van der Waals surface area (Å²) in [6, 6.07) is 8.75. The number of imide groups is 1. The second kappa shape index (κ2) is 7.52. The number of nitrogens with zero attached hydrogens (tertiary/aromatic N) is 4. The maximum absolute atomic E-state index is 12.3. The number of benzene rings is 1. The summed E-state index contributed by atoms with van der Waals surface area (Å²) in [5.41, 5.74) is 6.59. The normalized spacial score (nSPS) is 12.3. The first kappa shape index (κ1) is 17.9. The van der Waals surface area contributed by atoms with E-state index in [1.54, 1.807) is 10.9 Å². The van der Waals surface area contributed by atoms with Crippen molar-refractivity contribution < 1.29 is 9.59 Å². The molecule has 3 rings (SSSR count). The Balaban J connectivity index is 1.97. The van der Waals surface area contributed by atoms with Crippen molar-refractivity contribution in [3.63, 3.8) is 0 Å². The number of aromatic nitrogens is 4. The van der Waals surface area contributed by atoms with Gasteiger partial charge in [0, 0.05) is 0 Å². The molecule has 1 aromatic carbocycles. The number of amides is 3. The van der Waals surface area contributed by atoms with Crippen LogP contribution in [0.3, 0.4) is 0 Å². The molecule has 3 N–H and O–H groups in total. The van der Waals surface area contributed by atoms with E-state index >= 15 is 0 Å². The lowest BCUT2D eigenvalue weighted by atomic mass is 10.1. The van der Waals surface area contributed by atoms with E-state index in [1.807, 2.05) is 44.2 Å². The molecule has 0 fully saturated rings. The van der Waals surface area contributed by atoms with E-state index in [4.69, 9.17) is 5.73 Å². The summed E-state index contributed by atoms with van der Waals surface area (Å²) >= 11 is 1.26. The molecule has 0 saturated carbocycles. The third kappa shape index (κ3) is 3.67. The van der Waals surface area contributed by atoms with E-state index in [2.05, 4.69) is 20.4 Å². The van der Waals surface area contributed by atoms with Crippen LogP contribution in [0.1, 0.15) is 13.8 Å². The first-order valence-electron chi connectivity index (χ1n) is 7.98. The van der Waals surface area contributed by atoms with Crippen LogP contribution in [0.2, 0.25) is 0 Å². The highest BCUT2D eigenvalue weighted by Crippen LogP contribution is 2.32. The van der Waals surface area contributed by atoms with Gasteiger partial charge in [-0.15, -0.1) is 0 Å². The van der Waals surface area contributed by atoms with E-state index < -0.39 is 17.2 Å². The van der Waals surface area contributed by atoms with Gasteiger partial charge in [-0.3, -0.25) is 10.1 Å². The van der Waals surface area contributed by atoms with Crippen LogP contribution in [0.4, 0.5) is 4.79 Å². The standard InChI is InChI=1S/C17H18N6O2S/c1-10(2)13(15(24)22-17(18)25)26-16-12-8-21-23(14(12)19-9-20-16)11-6-4-3-5-7-11/h3-10,13H,1-2H3,(H3,18,22,24,25). The first-order chi connectivity index (χ1) is 12.5. The minimum absolute atomic E-state index is 0.0338. The van der Waals surface area contributed by atoms with Gasteiger partial charge >= 0.3 is 6.03 Å². The summed E-state index contributed by atoms with van der Waals surface area (Å²) in [5, 5.41) is 7.36. The van der Waals surface area contributed by atoms with Crippen molar-refractivity contribution in [3.05, 3.63) is 42.9 Å². The van der Waals surface area contributed by atoms with Crippen molar-refractivity contribution in [3.8, 4) is 5.69 Å². The predicted molar refractivity (Wildman–Crippen MR) is 98.9 cm³/mol. The zero-order chi connectivity index (χ0) is 18.7. The predicted octanol–water partition coefficient (Wildman–Crippen LogP) is 2.13. The fourth-order valence-corrected chi connectivity index (χ4v) is 3.54. The number of carbonyl (C=O) groups excluding carboxylic acids is 2. The zero-order valence-electron chi connectivity index (χ0n) is 14.3. The number of primary amides is 1. The van der Waals surface area contributed by atoms with E-state index in [-0.39, 0.29) is 5.92 Å². The Hall–Kier alpha value is -2.94. The quantitative estimate of drug-likeness (QED) is 0.525. The van der Waals surface area contributed by atoms with Crippen LogP contribution in [0.5, 0.6) is 0 Å². The average molecular weight is 370 g/mol. The molecule has 0 aliphatic heterocycles. The second-order valence-electron chi connectivity index (χ2n) is 5.94. The molecule has 0 bridgehead atoms. The van der Waals surface area contributed by atoms with Gasteiger partial charge in [0.2, 0.25) is 5.91 Å². The van der Waals surface area contributed by atoms with Crippen LogP contribution in [0, 0.1) is 5.92 Å². The number of nitrogens with one attached hydrogen (secondary N) is 1. The van der Waals surface area contributed by atoms with Gasteiger partial charge in [0.15, 0.2) is 5.65 Å². The number of thioether (sulfide) groups is 1. The third-order valence-corrected chi connectivity index (χ3v) is 5.24. The number of urea groups is 1. The maximum atomic E-state index is 12.3. The Kier molecular flexibility index (Phi) is 5.17. The molecule has 3 aromatic rings. The minimum atomic E-state index is -0.869. The molecule has 9 heteroatoms. The number of fused-ring (bicyclic) bond motifs is 1. The fraction of sp³-hybridized carbons (Fsp3) is 0.235. The molecular weight excluding hydrogens is 352 g/mol. The second-order valence-corrected chi connectivity index (χ2v) is 7.07. The lowest BCUT2D eigenvalue weighted by molar-refractivity contribution is -0.120. The Labute approximate surface area is 154 Å². The van der Waals surface area contributed by atoms with E-state index in [0.717, 1.165) is 11.1 Å². The molecule has 1 unspecified atom stereocenters. The summed E-state index contributed by atoms with van der Waals surface area (Å²) in [6.45, 7) is 3.79. The molecule has 2 aromatic heterocycles. The largest absolute Gasteiger partial charge is 0.351 e. The molecule has 2 heterocycles. The van der Waals surface area contributed by atoms with Gasteiger partial charge in [-0.25, -0.2) is 19.4 Å². The number of nitrogens with two attached hydrogens (primary N) is 1. The average Bonchev–Trinajstić information content (AvgIpc) is 3.04. The SMILES string of the molecule is CC(C)C(Sc1ncnc2c1cnn2-c1ccccc1)C(=O)NC(N)=O. The summed E-state index contributed by atoms with van der Waals surface area (Å²) in [7, 11) is 0. The van der Waals surface area contributed by atoms with Crippen LogP contribution in [-0.2, 0) is 4.79 Å².